The summed E-state index contributed by atoms with van der Waals surface area (Å²) in [6, 6.07) is 11.3. The van der Waals surface area contributed by atoms with Gasteiger partial charge in [-0.2, -0.15) is 0 Å². The molecule has 2 atom stereocenters. The van der Waals surface area contributed by atoms with Crippen molar-refractivity contribution in [3.05, 3.63) is 63.8 Å². The van der Waals surface area contributed by atoms with Crippen molar-refractivity contribution in [3.8, 4) is 10.8 Å². The van der Waals surface area contributed by atoms with Crippen LogP contribution in [0.3, 0.4) is 0 Å². The number of H-pyrrole nitrogens is 1. The molecule has 0 aliphatic carbocycles. The molecule has 0 fully saturated rings. The summed E-state index contributed by atoms with van der Waals surface area (Å²) in [6.45, 7) is 5.67. The maximum absolute atomic E-state index is 12.4. The zero-order valence-corrected chi connectivity index (χ0v) is 16.6. The van der Waals surface area contributed by atoms with Crippen LogP contribution in [0.2, 0.25) is 0 Å². The quantitative estimate of drug-likeness (QED) is 0.501. The second-order valence-corrected chi connectivity index (χ2v) is 7.70. The second-order valence-electron chi connectivity index (χ2n) is 6.75. The van der Waals surface area contributed by atoms with Crippen LogP contribution in [-0.4, -0.2) is 26.7 Å². The minimum absolute atomic E-state index is 0.0191. The van der Waals surface area contributed by atoms with Gasteiger partial charge in [0.15, 0.2) is 12.4 Å². The van der Waals surface area contributed by atoms with E-state index in [0.717, 1.165) is 17.8 Å². The molecule has 0 bridgehead atoms. The largest absolute Gasteiger partial charge is 0.414 e. The number of thiophene rings is 1. The van der Waals surface area contributed by atoms with E-state index >= 15 is 0 Å². The minimum Gasteiger partial charge on any atom is -0.414 e. The normalized spacial score (nSPS) is 13.6. The number of rotatable bonds is 7. The topological polar surface area (TPSA) is 89.1 Å². The third-order valence-corrected chi connectivity index (χ3v) is 5.66. The number of fused-ring (bicyclic) bond motifs is 1. The highest BCUT2D eigenvalue weighted by molar-refractivity contribution is 7.13. The molecule has 1 unspecified atom stereocenters. The van der Waals surface area contributed by atoms with E-state index in [1.807, 2.05) is 35.7 Å². The van der Waals surface area contributed by atoms with E-state index in [4.69, 9.17) is 4.42 Å². The summed E-state index contributed by atoms with van der Waals surface area (Å²) in [4.78, 5) is 22.2. The molecule has 28 heavy (non-hydrogen) atoms. The molecule has 0 aliphatic heterocycles. The van der Waals surface area contributed by atoms with Gasteiger partial charge in [-0.25, -0.2) is 4.98 Å². The maximum Gasteiger partial charge on any atom is 0.271 e. The van der Waals surface area contributed by atoms with Crippen LogP contribution in [0.25, 0.3) is 21.7 Å². The first kappa shape index (κ1) is 18.5. The molecule has 0 spiro atoms. The molecule has 4 aromatic rings. The van der Waals surface area contributed by atoms with Crippen LogP contribution in [0.4, 0.5) is 0 Å². The van der Waals surface area contributed by atoms with Gasteiger partial charge in [-0.05, 0) is 36.9 Å². The van der Waals surface area contributed by atoms with E-state index in [-0.39, 0.29) is 11.6 Å². The average molecular weight is 396 g/mol. The first-order valence-electron chi connectivity index (χ1n) is 9.35. The van der Waals surface area contributed by atoms with Gasteiger partial charge in [0, 0.05) is 0 Å². The smallest absolute Gasteiger partial charge is 0.271 e. The fourth-order valence-electron chi connectivity index (χ4n) is 3.30. The Morgan fingerprint density at radius 3 is 2.86 bits per heavy atom. The highest BCUT2D eigenvalue weighted by Crippen LogP contribution is 2.22. The molecule has 2 N–H and O–H groups in total. The molecule has 0 radical (unpaired) electrons. The van der Waals surface area contributed by atoms with Crippen molar-refractivity contribution in [1.82, 2.24) is 20.2 Å². The molecule has 0 saturated heterocycles. The predicted molar refractivity (Wildman–Crippen MR) is 108 cm³/mol. The van der Waals surface area contributed by atoms with Gasteiger partial charge >= 0.3 is 0 Å². The first-order valence-corrected chi connectivity index (χ1v) is 10.2. The summed E-state index contributed by atoms with van der Waals surface area (Å²) in [6.07, 6.45) is 0.989. The van der Waals surface area contributed by atoms with Crippen LogP contribution in [0, 0.1) is 0 Å². The molecule has 0 aliphatic rings. The molecular weight excluding hydrogens is 374 g/mol. The molecule has 8 heteroatoms. The molecule has 0 saturated carbocycles. The number of hydrogen-bond donors (Lipinski definition) is 2. The van der Waals surface area contributed by atoms with E-state index in [1.165, 1.54) is 4.90 Å². The first-order chi connectivity index (χ1) is 13.7. The van der Waals surface area contributed by atoms with Crippen molar-refractivity contribution in [2.45, 2.75) is 32.9 Å². The van der Waals surface area contributed by atoms with E-state index in [2.05, 4.69) is 34.0 Å². The standard InChI is InChI=1S/C20H21N5O2S/c1-3-10-25(12-17-23-24-20(27-17)16-9-6-11-28-16)13(2)18-21-15-8-5-4-7-14(15)19(26)22-18/h4-9,11,13H,3,10,12H2,1-2H3,(H,21,22,26)/p+1/t13-/m1/s1. The molecular formula is C20H22N5O2S+. The monoisotopic (exact) mass is 396 g/mol. The number of para-hydroxylation sites is 1. The molecule has 3 aromatic heterocycles. The van der Waals surface area contributed by atoms with E-state index in [1.54, 1.807) is 17.4 Å². The number of benzene rings is 1. The summed E-state index contributed by atoms with van der Waals surface area (Å²) in [5.74, 6) is 1.80. The summed E-state index contributed by atoms with van der Waals surface area (Å²) in [7, 11) is 0. The lowest BCUT2D eigenvalue weighted by molar-refractivity contribution is -0.945. The van der Waals surface area contributed by atoms with Gasteiger partial charge in [-0.3, -0.25) is 4.79 Å². The van der Waals surface area contributed by atoms with Crippen molar-refractivity contribution in [2.75, 3.05) is 6.54 Å². The van der Waals surface area contributed by atoms with Crippen molar-refractivity contribution < 1.29 is 9.32 Å². The van der Waals surface area contributed by atoms with Crippen molar-refractivity contribution in [1.29, 1.82) is 0 Å². The second kappa shape index (κ2) is 8.04. The number of quaternary nitrogens is 1. The zero-order valence-electron chi connectivity index (χ0n) is 15.8. The number of nitrogens with zero attached hydrogens (tertiary/aromatic N) is 3. The van der Waals surface area contributed by atoms with Crippen molar-refractivity contribution in [2.24, 2.45) is 0 Å². The average Bonchev–Trinajstić information content (AvgIpc) is 3.39. The lowest BCUT2D eigenvalue weighted by Crippen LogP contribution is -3.10. The number of nitrogens with one attached hydrogen (secondary N) is 2. The van der Waals surface area contributed by atoms with Crippen LogP contribution in [0.15, 0.2) is 51.0 Å². The summed E-state index contributed by atoms with van der Waals surface area (Å²) in [5, 5.41) is 11.0. The van der Waals surface area contributed by atoms with Gasteiger partial charge in [0.05, 0.1) is 22.3 Å². The molecule has 144 valence electrons. The SMILES string of the molecule is CCC[NH+](Cc1nnc(-c2cccs2)o1)[C@H](C)c1nc2ccccc2c(=O)[nH]1. The molecule has 4 rings (SSSR count). The van der Waals surface area contributed by atoms with Crippen LogP contribution in [-0.2, 0) is 6.54 Å². The minimum atomic E-state index is -0.110. The Labute approximate surface area is 166 Å². The number of aromatic nitrogens is 4. The summed E-state index contributed by atoms with van der Waals surface area (Å²) < 4.78 is 5.86. The highest BCUT2D eigenvalue weighted by atomic mass is 32.1. The Bertz CT molecular complexity index is 1120. The molecule has 3 heterocycles. The van der Waals surface area contributed by atoms with Crippen LogP contribution in [0.1, 0.15) is 38.0 Å². The maximum atomic E-state index is 12.4. The molecule has 0 amide bonds. The third-order valence-electron chi connectivity index (χ3n) is 4.80. The number of hydrogen-bond acceptors (Lipinski definition) is 6. The van der Waals surface area contributed by atoms with Crippen LogP contribution in [0.5, 0.6) is 0 Å². The van der Waals surface area contributed by atoms with Gasteiger partial charge in [-0.15, -0.1) is 21.5 Å². The Balaban J connectivity index is 1.60. The van der Waals surface area contributed by atoms with Crippen molar-refractivity contribution >= 4 is 22.2 Å². The van der Waals surface area contributed by atoms with Gasteiger partial charge in [-0.1, -0.05) is 25.1 Å². The summed E-state index contributed by atoms with van der Waals surface area (Å²) >= 11 is 1.57. The van der Waals surface area contributed by atoms with Gasteiger partial charge in [0.1, 0.15) is 6.04 Å². The van der Waals surface area contributed by atoms with Gasteiger partial charge < -0.3 is 14.3 Å². The van der Waals surface area contributed by atoms with Crippen LogP contribution < -0.4 is 10.5 Å². The Kier molecular flexibility index (Phi) is 5.31. The zero-order chi connectivity index (χ0) is 19.5. The highest BCUT2D eigenvalue weighted by Gasteiger charge is 2.25. The van der Waals surface area contributed by atoms with E-state index < -0.39 is 0 Å². The predicted octanol–water partition coefficient (Wildman–Crippen LogP) is 2.59. The lowest BCUT2D eigenvalue weighted by atomic mass is 10.2. The Morgan fingerprint density at radius 2 is 2.07 bits per heavy atom. The molecule has 7 nitrogen and oxygen atoms in total. The summed E-state index contributed by atoms with van der Waals surface area (Å²) in [5.41, 5.74) is 0.600. The fraction of sp³-hybridized carbons (Fsp3) is 0.300. The van der Waals surface area contributed by atoms with E-state index in [9.17, 15) is 4.79 Å². The fourth-order valence-corrected chi connectivity index (χ4v) is 3.95. The van der Waals surface area contributed by atoms with Gasteiger partial charge in [0.25, 0.3) is 17.3 Å². The van der Waals surface area contributed by atoms with E-state index in [0.29, 0.717) is 35.1 Å². The van der Waals surface area contributed by atoms with Gasteiger partial charge in [0.2, 0.25) is 0 Å². The third kappa shape index (κ3) is 3.74. The van der Waals surface area contributed by atoms with Crippen molar-refractivity contribution in [3.63, 3.8) is 0 Å². The molecule has 1 aromatic carbocycles. The Morgan fingerprint density at radius 1 is 1.21 bits per heavy atom. The Hall–Kier alpha value is -2.84. The van der Waals surface area contributed by atoms with Crippen LogP contribution >= 0.6 is 11.3 Å². The number of aromatic amines is 1. The lowest BCUT2D eigenvalue weighted by Gasteiger charge is -2.23.